The smallest absolute Gasteiger partial charge is 0.199 e. The summed E-state index contributed by atoms with van der Waals surface area (Å²) in [5.41, 5.74) is 9.52. The standard InChI is InChI=1S/C20H28N8O2/c1-2-28-18-14(10-22-11-16(18)23-20(28)17-19(21)25-30-24-17)12-27-5-3-4-15(27)13-26-6-8-29-9-7-26/h10-11,15H,2-9,12-13H2,1H3,(H2,21,25)/t15-/m0/s1. The van der Waals surface area contributed by atoms with E-state index in [4.69, 9.17) is 20.1 Å². The van der Waals surface area contributed by atoms with Gasteiger partial charge in [0, 0.05) is 50.5 Å². The molecule has 3 aromatic heterocycles. The van der Waals surface area contributed by atoms with E-state index in [0.717, 1.165) is 63.5 Å². The molecule has 2 saturated heterocycles. The van der Waals surface area contributed by atoms with Crippen LogP contribution in [0.1, 0.15) is 25.3 Å². The highest BCUT2D eigenvalue weighted by molar-refractivity contribution is 5.83. The van der Waals surface area contributed by atoms with Crippen molar-refractivity contribution in [2.75, 3.05) is 45.1 Å². The van der Waals surface area contributed by atoms with Gasteiger partial charge in [-0.2, -0.15) is 0 Å². The molecule has 0 saturated carbocycles. The number of aromatic nitrogens is 5. The van der Waals surface area contributed by atoms with E-state index in [1.807, 2.05) is 6.20 Å². The predicted octanol–water partition coefficient (Wildman–Crippen LogP) is 1.38. The number of imidazole rings is 1. The molecule has 0 unspecified atom stereocenters. The topological polar surface area (TPSA) is 111 Å². The number of likely N-dealkylation sites (tertiary alicyclic amines) is 1. The molecule has 5 rings (SSSR count). The van der Waals surface area contributed by atoms with Gasteiger partial charge in [0.1, 0.15) is 5.52 Å². The molecular weight excluding hydrogens is 384 g/mol. The maximum atomic E-state index is 5.94. The molecule has 10 nitrogen and oxygen atoms in total. The van der Waals surface area contributed by atoms with Gasteiger partial charge in [0.2, 0.25) is 0 Å². The molecule has 30 heavy (non-hydrogen) atoms. The van der Waals surface area contributed by atoms with E-state index >= 15 is 0 Å². The third kappa shape index (κ3) is 3.55. The van der Waals surface area contributed by atoms with Crippen molar-refractivity contribution in [3.8, 4) is 11.5 Å². The zero-order valence-electron chi connectivity index (χ0n) is 17.3. The number of nitrogens with zero attached hydrogens (tertiary/aromatic N) is 7. The highest BCUT2D eigenvalue weighted by Crippen LogP contribution is 2.30. The fraction of sp³-hybridized carbons (Fsp3) is 0.600. The second-order valence-corrected chi connectivity index (χ2v) is 8.02. The lowest BCUT2D eigenvalue weighted by atomic mass is 10.1. The molecule has 2 fully saturated rings. The number of nitrogens with two attached hydrogens (primary N) is 1. The van der Waals surface area contributed by atoms with Crippen LogP contribution in [0, 0.1) is 0 Å². The minimum Gasteiger partial charge on any atom is -0.379 e. The summed E-state index contributed by atoms with van der Waals surface area (Å²) < 4.78 is 12.4. The van der Waals surface area contributed by atoms with Crippen LogP contribution in [0.25, 0.3) is 22.6 Å². The predicted molar refractivity (Wildman–Crippen MR) is 112 cm³/mol. The van der Waals surface area contributed by atoms with Crippen LogP contribution in [0.5, 0.6) is 0 Å². The number of fused-ring (bicyclic) bond motifs is 1. The Morgan fingerprint density at radius 2 is 2.03 bits per heavy atom. The lowest BCUT2D eigenvalue weighted by Gasteiger charge is -2.33. The van der Waals surface area contributed by atoms with Gasteiger partial charge in [0.25, 0.3) is 0 Å². The Morgan fingerprint density at radius 3 is 2.80 bits per heavy atom. The van der Waals surface area contributed by atoms with E-state index in [0.29, 0.717) is 17.6 Å². The number of ether oxygens (including phenoxy) is 1. The fourth-order valence-corrected chi connectivity index (χ4v) is 4.72. The molecule has 0 amide bonds. The summed E-state index contributed by atoms with van der Waals surface area (Å²) in [4.78, 5) is 14.3. The third-order valence-electron chi connectivity index (χ3n) is 6.21. The average molecular weight is 412 g/mol. The molecule has 3 aromatic rings. The zero-order chi connectivity index (χ0) is 20.5. The molecule has 1 atom stereocenters. The largest absolute Gasteiger partial charge is 0.379 e. The number of rotatable bonds is 6. The first-order valence-corrected chi connectivity index (χ1v) is 10.7. The average Bonchev–Trinajstić information content (AvgIpc) is 3.47. The third-order valence-corrected chi connectivity index (χ3v) is 6.21. The quantitative estimate of drug-likeness (QED) is 0.642. The van der Waals surface area contributed by atoms with Gasteiger partial charge < -0.3 is 15.0 Å². The van der Waals surface area contributed by atoms with Crippen LogP contribution in [0.4, 0.5) is 5.82 Å². The summed E-state index contributed by atoms with van der Waals surface area (Å²) in [6.45, 7) is 9.65. The van der Waals surface area contributed by atoms with E-state index in [2.05, 4.69) is 36.6 Å². The van der Waals surface area contributed by atoms with Gasteiger partial charge in [-0.15, -0.1) is 0 Å². The first-order chi connectivity index (χ1) is 14.7. The fourth-order valence-electron chi connectivity index (χ4n) is 4.72. The molecule has 160 valence electrons. The molecule has 5 heterocycles. The van der Waals surface area contributed by atoms with Gasteiger partial charge in [-0.05, 0) is 36.6 Å². The summed E-state index contributed by atoms with van der Waals surface area (Å²) in [6.07, 6.45) is 6.24. The van der Waals surface area contributed by atoms with E-state index in [-0.39, 0.29) is 5.82 Å². The molecule has 0 aromatic carbocycles. The lowest BCUT2D eigenvalue weighted by Crippen LogP contribution is -2.44. The van der Waals surface area contributed by atoms with Gasteiger partial charge in [-0.3, -0.25) is 14.8 Å². The minimum absolute atomic E-state index is 0.250. The molecule has 0 aliphatic carbocycles. The van der Waals surface area contributed by atoms with Gasteiger partial charge >= 0.3 is 0 Å². The molecule has 2 aliphatic rings. The van der Waals surface area contributed by atoms with Crippen LogP contribution in [-0.4, -0.2) is 80.1 Å². The van der Waals surface area contributed by atoms with Crippen molar-refractivity contribution in [1.29, 1.82) is 0 Å². The Morgan fingerprint density at radius 1 is 1.17 bits per heavy atom. The van der Waals surface area contributed by atoms with E-state index < -0.39 is 0 Å². The van der Waals surface area contributed by atoms with Crippen molar-refractivity contribution < 1.29 is 9.37 Å². The first-order valence-electron chi connectivity index (χ1n) is 10.7. The van der Waals surface area contributed by atoms with Crippen LogP contribution in [0.3, 0.4) is 0 Å². The number of morpholine rings is 1. The van der Waals surface area contributed by atoms with E-state index in [9.17, 15) is 0 Å². The minimum atomic E-state index is 0.250. The monoisotopic (exact) mass is 412 g/mol. The second-order valence-electron chi connectivity index (χ2n) is 8.02. The molecule has 2 N–H and O–H groups in total. The van der Waals surface area contributed by atoms with Crippen LogP contribution in [-0.2, 0) is 17.8 Å². The summed E-state index contributed by atoms with van der Waals surface area (Å²) >= 11 is 0. The maximum Gasteiger partial charge on any atom is 0.199 e. The van der Waals surface area contributed by atoms with Crippen molar-refractivity contribution >= 4 is 16.9 Å². The molecule has 2 aliphatic heterocycles. The van der Waals surface area contributed by atoms with Crippen molar-refractivity contribution in [3.05, 3.63) is 18.0 Å². The van der Waals surface area contributed by atoms with E-state index in [1.54, 1.807) is 6.20 Å². The Labute approximate surface area is 175 Å². The van der Waals surface area contributed by atoms with Crippen molar-refractivity contribution in [2.24, 2.45) is 0 Å². The molecular formula is C20H28N8O2. The van der Waals surface area contributed by atoms with Crippen molar-refractivity contribution in [2.45, 2.75) is 38.9 Å². The van der Waals surface area contributed by atoms with Gasteiger partial charge in [-0.1, -0.05) is 0 Å². The van der Waals surface area contributed by atoms with Gasteiger partial charge in [0.05, 0.1) is 24.9 Å². The molecule has 0 spiro atoms. The normalized spacial score (nSPS) is 21.0. The van der Waals surface area contributed by atoms with Crippen molar-refractivity contribution in [3.63, 3.8) is 0 Å². The van der Waals surface area contributed by atoms with Crippen LogP contribution in [0.15, 0.2) is 17.0 Å². The summed E-state index contributed by atoms with van der Waals surface area (Å²) in [7, 11) is 0. The Kier molecular flexibility index (Phi) is 5.36. The Bertz CT molecular complexity index is 1010. The van der Waals surface area contributed by atoms with Crippen LogP contribution >= 0.6 is 0 Å². The van der Waals surface area contributed by atoms with Crippen LogP contribution < -0.4 is 5.73 Å². The van der Waals surface area contributed by atoms with Crippen LogP contribution in [0.2, 0.25) is 0 Å². The number of nitrogen functional groups attached to an aromatic ring is 1. The maximum absolute atomic E-state index is 5.94. The summed E-state index contributed by atoms with van der Waals surface area (Å²) in [5, 5.41) is 7.67. The second kappa shape index (κ2) is 8.29. The number of aryl methyl sites for hydroxylation is 1. The Hall–Kier alpha value is -2.56. The number of hydrogen-bond acceptors (Lipinski definition) is 9. The SMILES string of the molecule is CCn1c(-c2nonc2N)nc2cncc(CN3CCC[C@H]3CN3CCOCC3)c21. The highest BCUT2D eigenvalue weighted by atomic mass is 16.6. The highest BCUT2D eigenvalue weighted by Gasteiger charge is 2.28. The summed E-state index contributed by atoms with van der Waals surface area (Å²) in [5.74, 6) is 0.923. The number of hydrogen-bond donors (Lipinski definition) is 1. The zero-order valence-corrected chi connectivity index (χ0v) is 17.3. The number of pyridine rings is 1. The van der Waals surface area contributed by atoms with Gasteiger partial charge in [0.15, 0.2) is 17.3 Å². The van der Waals surface area contributed by atoms with E-state index in [1.165, 1.54) is 18.4 Å². The number of anilines is 1. The first kappa shape index (κ1) is 19.4. The van der Waals surface area contributed by atoms with Crippen molar-refractivity contribution in [1.82, 2.24) is 34.6 Å². The summed E-state index contributed by atoms with van der Waals surface area (Å²) in [6, 6.07) is 0.561. The molecule has 0 radical (unpaired) electrons. The van der Waals surface area contributed by atoms with Gasteiger partial charge in [-0.25, -0.2) is 9.61 Å². The molecule has 10 heteroatoms. The Balaban J connectivity index is 1.44. The molecule has 0 bridgehead atoms. The lowest BCUT2D eigenvalue weighted by molar-refractivity contribution is 0.0262.